The predicted molar refractivity (Wildman–Crippen MR) is 95.9 cm³/mol. The van der Waals surface area contributed by atoms with Gasteiger partial charge in [-0.25, -0.2) is 0 Å². The van der Waals surface area contributed by atoms with Crippen LogP contribution in [0.15, 0.2) is 48.5 Å². The summed E-state index contributed by atoms with van der Waals surface area (Å²) < 4.78 is 0. The largest absolute Gasteiger partial charge is 0.398 e. The fourth-order valence-corrected chi connectivity index (χ4v) is 2.95. The number of amides is 1. The highest BCUT2D eigenvalue weighted by Gasteiger charge is 2.16. The first-order valence-electron chi connectivity index (χ1n) is 8.14. The van der Waals surface area contributed by atoms with Gasteiger partial charge in [0, 0.05) is 30.2 Å². The highest BCUT2D eigenvalue weighted by molar-refractivity contribution is 6.07. The van der Waals surface area contributed by atoms with Crippen molar-refractivity contribution < 1.29 is 4.79 Å². The Kier molecular flexibility index (Phi) is 4.51. The van der Waals surface area contributed by atoms with E-state index in [1.165, 1.54) is 12.8 Å². The number of piperidine rings is 1. The Hall–Kier alpha value is -2.49. The second-order valence-electron chi connectivity index (χ2n) is 6.26. The van der Waals surface area contributed by atoms with Crippen LogP contribution in [0.1, 0.15) is 30.1 Å². The van der Waals surface area contributed by atoms with Gasteiger partial charge >= 0.3 is 0 Å². The van der Waals surface area contributed by atoms with Crippen LogP contribution in [-0.4, -0.2) is 19.0 Å². The van der Waals surface area contributed by atoms with Gasteiger partial charge in [-0.2, -0.15) is 0 Å². The summed E-state index contributed by atoms with van der Waals surface area (Å²) in [6, 6.07) is 15.1. The average molecular weight is 309 g/mol. The molecule has 1 amide bonds. The van der Waals surface area contributed by atoms with Crippen LogP contribution in [0.4, 0.5) is 17.1 Å². The van der Waals surface area contributed by atoms with E-state index in [1.807, 2.05) is 30.3 Å². The number of benzene rings is 2. The van der Waals surface area contributed by atoms with Crippen LogP contribution in [0.3, 0.4) is 0 Å². The van der Waals surface area contributed by atoms with E-state index in [1.54, 1.807) is 12.1 Å². The van der Waals surface area contributed by atoms with Crippen molar-refractivity contribution in [3.8, 4) is 0 Å². The van der Waals surface area contributed by atoms with Crippen LogP contribution in [0.2, 0.25) is 0 Å². The minimum absolute atomic E-state index is 0.174. The van der Waals surface area contributed by atoms with E-state index in [2.05, 4.69) is 23.2 Å². The van der Waals surface area contributed by atoms with Gasteiger partial charge in [0.05, 0.1) is 5.56 Å². The van der Waals surface area contributed by atoms with Crippen LogP contribution in [-0.2, 0) is 0 Å². The van der Waals surface area contributed by atoms with Crippen molar-refractivity contribution in [2.24, 2.45) is 5.92 Å². The molecule has 120 valence electrons. The lowest BCUT2D eigenvalue weighted by molar-refractivity contribution is 0.102. The molecule has 23 heavy (non-hydrogen) atoms. The number of nitrogen functional groups attached to an aromatic ring is 1. The fraction of sp³-hybridized carbons (Fsp3) is 0.316. The minimum atomic E-state index is -0.174. The zero-order chi connectivity index (χ0) is 16.2. The first kappa shape index (κ1) is 15.4. The van der Waals surface area contributed by atoms with Gasteiger partial charge in [-0.1, -0.05) is 25.1 Å². The maximum atomic E-state index is 12.4. The summed E-state index contributed by atoms with van der Waals surface area (Å²) in [5.74, 6) is 0.628. The summed E-state index contributed by atoms with van der Waals surface area (Å²) in [6.07, 6.45) is 2.44. The van der Waals surface area contributed by atoms with E-state index >= 15 is 0 Å². The Morgan fingerprint density at radius 2 is 1.87 bits per heavy atom. The lowest BCUT2D eigenvalue weighted by Crippen LogP contribution is -2.32. The molecule has 3 rings (SSSR count). The van der Waals surface area contributed by atoms with Gasteiger partial charge in [0.2, 0.25) is 0 Å². The molecule has 0 aliphatic carbocycles. The van der Waals surface area contributed by atoms with Crippen molar-refractivity contribution in [1.29, 1.82) is 0 Å². The molecule has 1 saturated heterocycles. The number of hydrogen-bond acceptors (Lipinski definition) is 3. The van der Waals surface area contributed by atoms with Gasteiger partial charge < -0.3 is 16.0 Å². The normalized spacial score (nSPS) is 15.4. The summed E-state index contributed by atoms with van der Waals surface area (Å²) in [7, 11) is 0. The molecule has 0 bridgehead atoms. The third-order valence-corrected chi connectivity index (χ3v) is 4.46. The maximum absolute atomic E-state index is 12.4. The second kappa shape index (κ2) is 6.73. The number of rotatable bonds is 3. The molecular formula is C19H23N3O. The molecule has 4 nitrogen and oxygen atoms in total. The number of para-hydroxylation sites is 1. The molecule has 0 saturated carbocycles. The summed E-state index contributed by atoms with van der Waals surface area (Å²) in [4.78, 5) is 14.7. The topological polar surface area (TPSA) is 58.4 Å². The van der Waals surface area contributed by atoms with Gasteiger partial charge in [-0.05, 0) is 49.1 Å². The summed E-state index contributed by atoms with van der Waals surface area (Å²) in [5, 5.41) is 2.94. The van der Waals surface area contributed by atoms with Crippen molar-refractivity contribution in [2.75, 3.05) is 29.0 Å². The fourth-order valence-electron chi connectivity index (χ4n) is 2.95. The molecule has 1 aliphatic heterocycles. The monoisotopic (exact) mass is 309 g/mol. The number of carbonyl (C=O) groups excluding carboxylic acids is 1. The Bertz CT molecular complexity index is 691. The molecule has 1 fully saturated rings. The van der Waals surface area contributed by atoms with E-state index in [9.17, 15) is 4.79 Å². The number of nitrogens with two attached hydrogens (primary N) is 1. The van der Waals surface area contributed by atoms with E-state index in [0.717, 1.165) is 30.4 Å². The van der Waals surface area contributed by atoms with E-state index in [-0.39, 0.29) is 5.91 Å². The Labute approximate surface area is 137 Å². The summed E-state index contributed by atoms with van der Waals surface area (Å²) in [6.45, 7) is 4.45. The zero-order valence-electron chi connectivity index (χ0n) is 13.5. The highest BCUT2D eigenvalue weighted by Crippen LogP contribution is 2.25. The lowest BCUT2D eigenvalue weighted by atomic mass is 9.99. The van der Waals surface area contributed by atoms with Crippen molar-refractivity contribution in [3.63, 3.8) is 0 Å². The third kappa shape index (κ3) is 3.65. The Morgan fingerprint density at radius 1 is 1.13 bits per heavy atom. The Morgan fingerprint density at radius 3 is 2.61 bits per heavy atom. The molecular weight excluding hydrogens is 286 g/mol. The second-order valence-corrected chi connectivity index (χ2v) is 6.26. The van der Waals surface area contributed by atoms with Gasteiger partial charge in [-0.3, -0.25) is 4.79 Å². The van der Waals surface area contributed by atoms with Gasteiger partial charge in [0.1, 0.15) is 0 Å². The van der Waals surface area contributed by atoms with E-state index in [0.29, 0.717) is 11.3 Å². The van der Waals surface area contributed by atoms with Crippen molar-refractivity contribution in [3.05, 3.63) is 54.1 Å². The number of nitrogens with one attached hydrogen (secondary N) is 1. The number of anilines is 3. The molecule has 2 aromatic rings. The predicted octanol–water partition coefficient (Wildman–Crippen LogP) is 3.76. The molecule has 1 aliphatic rings. The molecule has 3 N–H and O–H groups in total. The maximum Gasteiger partial charge on any atom is 0.257 e. The lowest BCUT2D eigenvalue weighted by Gasteiger charge is -2.32. The van der Waals surface area contributed by atoms with Gasteiger partial charge in [0.15, 0.2) is 0 Å². The first-order valence-corrected chi connectivity index (χ1v) is 8.14. The molecule has 0 spiro atoms. The van der Waals surface area contributed by atoms with Crippen molar-refractivity contribution in [2.45, 2.75) is 19.8 Å². The van der Waals surface area contributed by atoms with Crippen LogP contribution < -0.4 is 16.0 Å². The van der Waals surface area contributed by atoms with Crippen molar-refractivity contribution in [1.82, 2.24) is 0 Å². The number of carbonyl (C=O) groups is 1. The molecule has 0 aromatic heterocycles. The Balaban J connectivity index is 1.73. The zero-order valence-corrected chi connectivity index (χ0v) is 13.5. The molecule has 4 heteroatoms. The van der Waals surface area contributed by atoms with Crippen LogP contribution in [0, 0.1) is 5.92 Å². The average Bonchev–Trinajstić information content (AvgIpc) is 2.56. The molecule has 0 atom stereocenters. The van der Waals surface area contributed by atoms with E-state index in [4.69, 9.17) is 5.73 Å². The quantitative estimate of drug-likeness (QED) is 0.849. The smallest absolute Gasteiger partial charge is 0.257 e. The summed E-state index contributed by atoms with van der Waals surface area (Å²) >= 11 is 0. The van der Waals surface area contributed by atoms with Crippen LogP contribution in [0.25, 0.3) is 0 Å². The number of hydrogen-bond donors (Lipinski definition) is 2. The molecule has 0 unspecified atom stereocenters. The minimum Gasteiger partial charge on any atom is -0.398 e. The van der Waals surface area contributed by atoms with Crippen LogP contribution in [0.5, 0.6) is 0 Å². The van der Waals surface area contributed by atoms with Crippen LogP contribution >= 0.6 is 0 Å². The van der Waals surface area contributed by atoms with Crippen molar-refractivity contribution >= 4 is 23.0 Å². The standard InChI is InChI=1S/C19H23N3O/c1-14-9-11-22(12-10-14)16-6-4-5-15(13-16)21-19(23)17-7-2-3-8-18(17)20/h2-8,13-14H,9-12,20H2,1H3,(H,21,23). The molecule has 1 heterocycles. The van der Waals surface area contributed by atoms with E-state index < -0.39 is 0 Å². The highest BCUT2D eigenvalue weighted by atomic mass is 16.1. The third-order valence-electron chi connectivity index (χ3n) is 4.46. The first-order chi connectivity index (χ1) is 11.1. The molecule has 2 aromatic carbocycles. The molecule has 0 radical (unpaired) electrons. The van der Waals surface area contributed by atoms with Gasteiger partial charge in [-0.15, -0.1) is 0 Å². The van der Waals surface area contributed by atoms with Gasteiger partial charge in [0.25, 0.3) is 5.91 Å². The number of nitrogens with zero attached hydrogens (tertiary/aromatic N) is 1. The summed E-state index contributed by atoms with van der Waals surface area (Å²) in [5.41, 5.74) is 8.83. The SMILES string of the molecule is CC1CCN(c2cccc(NC(=O)c3ccccc3N)c2)CC1.